The van der Waals surface area contributed by atoms with E-state index in [1.807, 2.05) is 31.2 Å². The topological polar surface area (TPSA) is 163 Å². The molecule has 0 unspecified atom stereocenters. The Bertz CT molecular complexity index is 1160. The Hall–Kier alpha value is -4.13. The maximum absolute atomic E-state index is 12.2. The summed E-state index contributed by atoms with van der Waals surface area (Å²) in [5.74, 6) is 6.48. The number of nitrogens with one attached hydrogen (secondary N) is 2. The van der Waals surface area contributed by atoms with E-state index >= 15 is 0 Å². The summed E-state index contributed by atoms with van der Waals surface area (Å²) in [6.07, 6.45) is 0. The van der Waals surface area contributed by atoms with Crippen LogP contribution in [0.4, 0.5) is 17.3 Å². The number of hydrazone groups is 1. The second-order valence-corrected chi connectivity index (χ2v) is 7.30. The molecule has 3 rings (SSSR count). The summed E-state index contributed by atoms with van der Waals surface area (Å²) >= 11 is 1.05. The molecule has 13 heteroatoms. The smallest absolute Gasteiger partial charge is 0.271 e. The van der Waals surface area contributed by atoms with Gasteiger partial charge in [0.2, 0.25) is 11.1 Å². The summed E-state index contributed by atoms with van der Waals surface area (Å²) < 4.78 is 6.38. The number of nitro benzene ring substituents is 1. The predicted octanol–water partition coefficient (Wildman–Crippen LogP) is 2.48. The molecule has 2 aromatic carbocycles. The van der Waals surface area contributed by atoms with Gasteiger partial charge >= 0.3 is 0 Å². The second-order valence-electron chi connectivity index (χ2n) is 6.36. The molecule has 0 aliphatic heterocycles. The number of benzene rings is 2. The molecule has 12 nitrogen and oxygen atoms in total. The van der Waals surface area contributed by atoms with Crippen molar-refractivity contribution in [2.24, 2.45) is 5.10 Å². The number of carbonyl (C=O) groups excluding carboxylic acids is 1. The van der Waals surface area contributed by atoms with E-state index in [1.165, 1.54) is 22.9 Å². The fraction of sp³-hybridized carbons (Fsp3) is 0.158. The van der Waals surface area contributed by atoms with E-state index in [-0.39, 0.29) is 28.5 Å². The average molecular weight is 456 g/mol. The maximum atomic E-state index is 12.2. The van der Waals surface area contributed by atoms with Gasteiger partial charge in [-0.1, -0.05) is 30.0 Å². The number of nitro groups is 1. The Kier molecular flexibility index (Phi) is 7.23. The third-order valence-corrected chi connectivity index (χ3v) is 5.09. The average Bonchev–Trinajstić information content (AvgIpc) is 3.15. The van der Waals surface area contributed by atoms with E-state index in [9.17, 15) is 14.9 Å². The van der Waals surface area contributed by atoms with E-state index in [0.717, 1.165) is 17.3 Å². The van der Waals surface area contributed by atoms with Gasteiger partial charge in [-0.25, -0.2) is 10.1 Å². The van der Waals surface area contributed by atoms with Crippen molar-refractivity contribution in [3.8, 4) is 5.75 Å². The minimum absolute atomic E-state index is 0.0237. The SMILES string of the molecule is COc1cccc(/C(C)=N/Nc2nnc(SCC(=O)Nc3cccc([N+](=O)[O-])c3)n2N)c1. The third kappa shape index (κ3) is 5.72. The summed E-state index contributed by atoms with van der Waals surface area (Å²) in [6.45, 7) is 1.81. The van der Waals surface area contributed by atoms with E-state index in [0.29, 0.717) is 17.1 Å². The van der Waals surface area contributed by atoms with Crippen LogP contribution in [0.1, 0.15) is 12.5 Å². The molecular formula is C19H20N8O4S. The number of thioether (sulfide) groups is 1. The standard InChI is InChI=1S/C19H20N8O4S/c1-12(13-5-3-8-16(9-13)31-2)22-23-18-24-25-19(26(18)20)32-11-17(28)21-14-6-4-7-15(10-14)27(29)30/h3-10H,11,20H2,1-2H3,(H,21,28)(H,23,24)/b22-12+. The van der Waals surface area contributed by atoms with Crippen molar-refractivity contribution < 1.29 is 14.5 Å². The van der Waals surface area contributed by atoms with Crippen molar-refractivity contribution in [3.05, 3.63) is 64.2 Å². The number of carbonyl (C=O) groups is 1. The molecule has 0 aliphatic rings. The van der Waals surface area contributed by atoms with Crippen LogP contribution in [0.25, 0.3) is 0 Å². The summed E-state index contributed by atoms with van der Waals surface area (Å²) in [7, 11) is 1.59. The molecule has 0 fully saturated rings. The van der Waals surface area contributed by atoms with Gasteiger partial charge in [-0.2, -0.15) is 5.10 Å². The van der Waals surface area contributed by atoms with Gasteiger partial charge in [0.05, 0.1) is 23.5 Å². The number of nitrogens with two attached hydrogens (primary N) is 1. The summed E-state index contributed by atoms with van der Waals surface area (Å²) in [5.41, 5.74) is 4.49. The lowest BCUT2D eigenvalue weighted by atomic mass is 10.1. The van der Waals surface area contributed by atoms with Gasteiger partial charge in [0.15, 0.2) is 0 Å². The molecule has 0 bridgehead atoms. The minimum atomic E-state index is -0.533. The number of nitrogens with zero attached hydrogens (tertiary/aromatic N) is 5. The molecular weight excluding hydrogens is 436 g/mol. The highest BCUT2D eigenvalue weighted by molar-refractivity contribution is 7.99. The number of hydrogen-bond donors (Lipinski definition) is 3. The van der Waals surface area contributed by atoms with Crippen molar-refractivity contribution in [2.45, 2.75) is 12.1 Å². The normalized spacial score (nSPS) is 11.1. The zero-order chi connectivity index (χ0) is 23.1. The number of nitrogen functional groups attached to an aromatic ring is 1. The molecule has 32 heavy (non-hydrogen) atoms. The van der Waals surface area contributed by atoms with Crippen molar-refractivity contribution in [3.63, 3.8) is 0 Å². The van der Waals surface area contributed by atoms with Gasteiger partial charge in [0.1, 0.15) is 5.75 Å². The van der Waals surface area contributed by atoms with Crippen LogP contribution in [-0.4, -0.2) is 44.3 Å². The number of rotatable bonds is 9. The Morgan fingerprint density at radius 1 is 1.28 bits per heavy atom. The molecule has 3 aromatic rings. The van der Waals surface area contributed by atoms with Crippen LogP contribution in [0.3, 0.4) is 0 Å². The largest absolute Gasteiger partial charge is 0.497 e. The fourth-order valence-electron chi connectivity index (χ4n) is 2.52. The first-order valence-corrected chi connectivity index (χ1v) is 10.2. The second kappa shape index (κ2) is 10.3. The van der Waals surface area contributed by atoms with Crippen molar-refractivity contribution in [1.82, 2.24) is 14.9 Å². The van der Waals surface area contributed by atoms with Crippen molar-refractivity contribution >= 4 is 40.7 Å². The van der Waals surface area contributed by atoms with E-state index < -0.39 is 4.92 Å². The summed E-state index contributed by atoms with van der Waals surface area (Å²) in [6, 6.07) is 13.1. The maximum Gasteiger partial charge on any atom is 0.271 e. The number of non-ortho nitro benzene ring substituents is 1. The molecule has 166 valence electrons. The molecule has 1 aromatic heterocycles. The summed E-state index contributed by atoms with van der Waals surface area (Å²) in [5, 5.41) is 25.8. The van der Waals surface area contributed by atoms with Crippen LogP contribution >= 0.6 is 11.8 Å². The van der Waals surface area contributed by atoms with Crippen molar-refractivity contribution in [1.29, 1.82) is 0 Å². The van der Waals surface area contributed by atoms with Gasteiger partial charge in [-0.15, -0.1) is 10.2 Å². The van der Waals surface area contributed by atoms with E-state index in [1.54, 1.807) is 13.2 Å². The predicted molar refractivity (Wildman–Crippen MR) is 121 cm³/mol. The Morgan fingerprint density at radius 2 is 2.06 bits per heavy atom. The van der Waals surface area contributed by atoms with Gasteiger partial charge in [0.25, 0.3) is 11.6 Å². The molecule has 0 aliphatic carbocycles. The van der Waals surface area contributed by atoms with Crippen LogP contribution in [0.5, 0.6) is 5.75 Å². The van der Waals surface area contributed by atoms with Gasteiger partial charge < -0.3 is 15.9 Å². The quantitative estimate of drug-likeness (QED) is 0.144. The monoisotopic (exact) mass is 456 g/mol. The molecule has 0 saturated heterocycles. The van der Waals surface area contributed by atoms with Crippen LogP contribution < -0.4 is 21.3 Å². The fourth-order valence-corrected chi connectivity index (χ4v) is 3.18. The summed E-state index contributed by atoms with van der Waals surface area (Å²) in [4.78, 5) is 22.5. The van der Waals surface area contributed by atoms with E-state index in [4.69, 9.17) is 10.6 Å². The third-order valence-electron chi connectivity index (χ3n) is 4.15. The highest BCUT2D eigenvalue weighted by atomic mass is 32.2. The van der Waals surface area contributed by atoms with E-state index in [2.05, 4.69) is 26.0 Å². The zero-order valence-electron chi connectivity index (χ0n) is 17.2. The van der Waals surface area contributed by atoms with Crippen LogP contribution in [0, 0.1) is 10.1 Å². The number of ether oxygens (including phenoxy) is 1. The first-order chi connectivity index (χ1) is 15.4. The van der Waals surface area contributed by atoms with Crippen LogP contribution in [0.2, 0.25) is 0 Å². The lowest BCUT2D eigenvalue weighted by molar-refractivity contribution is -0.384. The molecule has 0 radical (unpaired) electrons. The number of anilines is 2. The molecule has 4 N–H and O–H groups in total. The van der Waals surface area contributed by atoms with Gasteiger partial charge in [-0.05, 0) is 25.1 Å². The number of methoxy groups -OCH3 is 1. The number of aromatic nitrogens is 3. The molecule has 1 amide bonds. The van der Waals surface area contributed by atoms with Gasteiger partial charge in [0, 0.05) is 23.4 Å². The Morgan fingerprint density at radius 3 is 2.81 bits per heavy atom. The molecule has 0 atom stereocenters. The Balaban J connectivity index is 1.58. The molecule has 0 spiro atoms. The first-order valence-electron chi connectivity index (χ1n) is 9.19. The van der Waals surface area contributed by atoms with Gasteiger partial charge in [-0.3, -0.25) is 14.9 Å². The lowest BCUT2D eigenvalue weighted by Crippen LogP contribution is -2.17. The highest BCUT2D eigenvalue weighted by Gasteiger charge is 2.13. The number of amides is 1. The first kappa shape index (κ1) is 22.6. The zero-order valence-corrected chi connectivity index (χ0v) is 18.0. The Labute approximate surface area is 187 Å². The molecule has 1 heterocycles. The van der Waals surface area contributed by atoms with Crippen molar-refractivity contribution in [2.75, 3.05) is 29.4 Å². The molecule has 0 saturated carbocycles. The number of hydrogen-bond acceptors (Lipinski definition) is 10. The van der Waals surface area contributed by atoms with Crippen LogP contribution in [0.15, 0.2) is 58.8 Å². The van der Waals surface area contributed by atoms with Crippen LogP contribution in [-0.2, 0) is 4.79 Å². The lowest BCUT2D eigenvalue weighted by Gasteiger charge is -2.06. The highest BCUT2D eigenvalue weighted by Crippen LogP contribution is 2.20. The minimum Gasteiger partial charge on any atom is -0.497 e.